The predicted octanol–water partition coefficient (Wildman–Crippen LogP) is 9.70. The molecule has 0 unspecified atom stereocenters. The molecule has 11 heteroatoms. The number of carbonyl (C=O) groups is 2. The number of hydrogen-bond donors (Lipinski definition) is 1. The Morgan fingerprint density at radius 1 is 0.603 bits per heavy atom. The van der Waals surface area contributed by atoms with Crippen molar-refractivity contribution in [1.82, 2.24) is 19.9 Å². The Bertz CT molecular complexity index is 2300. The summed E-state index contributed by atoms with van der Waals surface area (Å²) in [5.41, 5.74) is 7.68. The highest BCUT2D eigenvalue weighted by atomic mass is 16.5. The number of aromatic nitrogens is 4. The third kappa shape index (κ3) is 9.77. The van der Waals surface area contributed by atoms with Crippen LogP contribution in [0.25, 0.3) is 44.6 Å². The number of benzene rings is 4. The summed E-state index contributed by atoms with van der Waals surface area (Å²) in [6.07, 6.45) is 12.2. The molecule has 58 heavy (non-hydrogen) atoms. The fourth-order valence-corrected chi connectivity index (χ4v) is 7.76. The molecule has 1 aliphatic heterocycles. The summed E-state index contributed by atoms with van der Waals surface area (Å²) in [7, 11) is 4.86. The van der Waals surface area contributed by atoms with Crippen molar-refractivity contribution < 1.29 is 23.8 Å². The SMILES string of the molecule is C1CCOC1.COC(=O)c1ccc2nc(-c3ccccc3)c(N(C)C3CCCC3)nc2c1.COC(=O)c1ccc2nc(-c3ccccc3)c(NC3CCCC3)nc2c1. The second kappa shape index (κ2) is 19.5. The largest absolute Gasteiger partial charge is 0.465 e. The first kappa shape index (κ1) is 40.3. The molecule has 300 valence electrons. The number of esters is 2. The predicted molar refractivity (Wildman–Crippen MR) is 229 cm³/mol. The lowest BCUT2D eigenvalue weighted by atomic mass is 10.1. The molecule has 0 radical (unpaired) electrons. The fourth-order valence-electron chi connectivity index (χ4n) is 7.76. The highest BCUT2D eigenvalue weighted by Gasteiger charge is 2.25. The van der Waals surface area contributed by atoms with E-state index < -0.39 is 0 Å². The van der Waals surface area contributed by atoms with Crippen molar-refractivity contribution in [2.24, 2.45) is 0 Å². The van der Waals surface area contributed by atoms with Crippen molar-refractivity contribution in [3.05, 3.63) is 108 Å². The van der Waals surface area contributed by atoms with Crippen molar-refractivity contribution in [1.29, 1.82) is 0 Å². The van der Waals surface area contributed by atoms with E-state index in [0.29, 0.717) is 34.2 Å². The Balaban J connectivity index is 0.000000157. The summed E-state index contributed by atoms with van der Waals surface area (Å²) in [6.45, 7) is 2.00. The molecule has 0 spiro atoms. The lowest BCUT2D eigenvalue weighted by molar-refractivity contribution is 0.0592. The number of methoxy groups -OCH3 is 2. The Hall–Kier alpha value is -5.94. The highest BCUT2D eigenvalue weighted by Crippen LogP contribution is 2.34. The minimum Gasteiger partial charge on any atom is -0.465 e. The summed E-state index contributed by atoms with van der Waals surface area (Å²) >= 11 is 0. The van der Waals surface area contributed by atoms with Crippen LogP contribution in [-0.2, 0) is 14.2 Å². The smallest absolute Gasteiger partial charge is 0.337 e. The van der Waals surface area contributed by atoms with Gasteiger partial charge in [-0.25, -0.2) is 29.5 Å². The van der Waals surface area contributed by atoms with Crippen molar-refractivity contribution in [2.45, 2.75) is 76.3 Å². The van der Waals surface area contributed by atoms with Crippen LogP contribution in [0.1, 0.15) is 84.9 Å². The Labute approximate surface area is 340 Å². The summed E-state index contributed by atoms with van der Waals surface area (Å²) in [5.74, 6) is 0.905. The average molecular weight is 781 g/mol. The molecule has 6 aromatic rings. The van der Waals surface area contributed by atoms with Crippen molar-refractivity contribution in [3.8, 4) is 22.5 Å². The number of nitrogens with one attached hydrogen (secondary N) is 1. The molecule has 0 atom stereocenters. The zero-order chi connectivity index (χ0) is 40.3. The summed E-state index contributed by atoms with van der Waals surface area (Å²) in [4.78, 5) is 45.5. The van der Waals surface area contributed by atoms with Crippen molar-refractivity contribution in [3.63, 3.8) is 0 Å². The Morgan fingerprint density at radius 3 is 1.62 bits per heavy atom. The number of anilines is 2. The fraction of sp³-hybridized carbons (Fsp3) is 0.362. The maximum absolute atomic E-state index is 11.9. The van der Waals surface area contributed by atoms with E-state index in [-0.39, 0.29) is 11.9 Å². The topological polar surface area (TPSA) is 129 Å². The zero-order valence-electron chi connectivity index (χ0n) is 33.7. The van der Waals surface area contributed by atoms with E-state index in [2.05, 4.69) is 29.4 Å². The molecule has 0 amide bonds. The molecule has 0 bridgehead atoms. The van der Waals surface area contributed by atoms with Gasteiger partial charge in [0.2, 0.25) is 0 Å². The van der Waals surface area contributed by atoms with Gasteiger partial charge in [-0.15, -0.1) is 0 Å². The van der Waals surface area contributed by atoms with Crippen LogP contribution in [0.3, 0.4) is 0 Å². The summed E-state index contributed by atoms with van der Waals surface area (Å²) in [6, 6.07) is 31.7. The van der Waals surface area contributed by atoms with Crippen LogP contribution in [0.4, 0.5) is 11.6 Å². The molecule has 1 N–H and O–H groups in total. The summed E-state index contributed by atoms with van der Waals surface area (Å²) < 4.78 is 14.6. The first-order valence-corrected chi connectivity index (χ1v) is 20.4. The van der Waals surface area contributed by atoms with Crippen LogP contribution < -0.4 is 10.2 Å². The van der Waals surface area contributed by atoms with Gasteiger partial charge >= 0.3 is 11.9 Å². The molecular weight excluding hydrogens is 729 g/mol. The third-order valence-corrected chi connectivity index (χ3v) is 11.0. The number of hydrogen-bond acceptors (Lipinski definition) is 11. The molecule has 9 rings (SSSR count). The average Bonchev–Trinajstić information content (AvgIpc) is 4.13. The van der Waals surface area contributed by atoms with E-state index >= 15 is 0 Å². The molecule has 3 heterocycles. The van der Waals surface area contributed by atoms with Gasteiger partial charge in [0, 0.05) is 43.5 Å². The van der Waals surface area contributed by atoms with E-state index in [9.17, 15) is 9.59 Å². The molecule has 2 aliphatic carbocycles. The van der Waals surface area contributed by atoms with Gasteiger partial charge in [-0.3, -0.25) is 0 Å². The van der Waals surface area contributed by atoms with Gasteiger partial charge in [-0.2, -0.15) is 0 Å². The van der Waals surface area contributed by atoms with Crippen LogP contribution in [0.2, 0.25) is 0 Å². The van der Waals surface area contributed by atoms with Crippen molar-refractivity contribution >= 4 is 45.6 Å². The minimum atomic E-state index is -0.369. The number of nitrogens with zero attached hydrogens (tertiary/aromatic N) is 5. The van der Waals surface area contributed by atoms with E-state index in [0.717, 1.165) is 71.2 Å². The monoisotopic (exact) mass is 780 g/mol. The molecule has 4 aromatic carbocycles. The van der Waals surface area contributed by atoms with Gasteiger partial charge in [0.15, 0.2) is 11.6 Å². The number of carbonyl (C=O) groups excluding carboxylic acids is 2. The van der Waals surface area contributed by atoms with Gasteiger partial charge < -0.3 is 24.4 Å². The first-order valence-electron chi connectivity index (χ1n) is 20.4. The lowest BCUT2D eigenvalue weighted by Gasteiger charge is -2.27. The molecular formula is C47H52N6O5. The van der Waals surface area contributed by atoms with Gasteiger partial charge in [-0.1, -0.05) is 86.3 Å². The normalized spacial score (nSPS) is 15.3. The van der Waals surface area contributed by atoms with E-state index in [1.165, 1.54) is 65.6 Å². The second-order valence-corrected chi connectivity index (χ2v) is 14.9. The van der Waals surface area contributed by atoms with Gasteiger partial charge in [0.25, 0.3) is 0 Å². The molecule has 3 aliphatic rings. The van der Waals surface area contributed by atoms with E-state index in [1.54, 1.807) is 24.3 Å². The quantitative estimate of drug-likeness (QED) is 0.148. The van der Waals surface area contributed by atoms with Gasteiger partial charge in [0.1, 0.15) is 11.4 Å². The van der Waals surface area contributed by atoms with E-state index in [1.807, 2.05) is 60.7 Å². The third-order valence-electron chi connectivity index (χ3n) is 11.0. The van der Waals surface area contributed by atoms with Crippen LogP contribution in [0.5, 0.6) is 0 Å². The van der Waals surface area contributed by atoms with Crippen LogP contribution in [0, 0.1) is 0 Å². The molecule has 2 aromatic heterocycles. The van der Waals surface area contributed by atoms with Crippen molar-refractivity contribution in [2.75, 3.05) is 44.7 Å². The first-order chi connectivity index (χ1) is 28.4. The molecule has 1 saturated heterocycles. The Kier molecular flexibility index (Phi) is 13.5. The minimum absolute atomic E-state index is 0.364. The maximum atomic E-state index is 11.9. The van der Waals surface area contributed by atoms with Crippen LogP contribution in [-0.4, -0.2) is 78.4 Å². The second-order valence-electron chi connectivity index (χ2n) is 14.9. The summed E-state index contributed by atoms with van der Waals surface area (Å²) in [5, 5.41) is 3.57. The lowest BCUT2D eigenvalue weighted by Crippen LogP contribution is -2.30. The number of fused-ring (bicyclic) bond motifs is 2. The molecule has 11 nitrogen and oxygen atoms in total. The standard InChI is InChI=1S/C22H23N3O2.C21H21N3O2.C4H8O/c1-25(17-10-6-7-11-17)21-20(15-8-4-3-5-9-15)23-18-13-12-16(22(26)27-2)14-19(18)24-21;1-26-21(25)15-11-12-17-18(13-15)24-20(22-16-9-5-6-10-16)19(23-17)14-7-3-2-4-8-14;1-2-4-5-3-1/h3-5,8-9,12-14,17H,6-7,10-11H2,1-2H3;2-4,7-8,11-13,16H,5-6,9-10H2,1H3,(H,22,24);1-4H2. The maximum Gasteiger partial charge on any atom is 0.337 e. The highest BCUT2D eigenvalue weighted by molar-refractivity contribution is 5.95. The van der Waals surface area contributed by atoms with E-state index in [4.69, 9.17) is 34.1 Å². The van der Waals surface area contributed by atoms with Crippen LogP contribution in [0.15, 0.2) is 97.1 Å². The van der Waals surface area contributed by atoms with Crippen LogP contribution >= 0.6 is 0 Å². The molecule has 2 saturated carbocycles. The zero-order valence-corrected chi connectivity index (χ0v) is 33.7. The van der Waals surface area contributed by atoms with Gasteiger partial charge in [-0.05, 0) is 74.9 Å². The van der Waals surface area contributed by atoms with Gasteiger partial charge in [0.05, 0.1) is 47.4 Å². The molecule has 3 fully saturated rings. The number of ether oxygens (including phenoxy) is 3. The number of rotatable bonds is 8. The Morgan fingerprint density at radius 2 is 1.10 bits per heavy atom.